The van der Waals surface area contributed by atoms with Crippen LogP contribution in [-0.4, -0.2) is 42.7 Å². The molecule has 0 aliphatic carbocycles. The van der Waals surface area contributed by atoms with Crippen LogP contribution in [0, 0.1) is 0 Å². The van der Waals surface area contributed by atoms with Crippen LogP contribution in [0.25, 0.3) is 0 Å². The number of carbonyl (C=O) groups excluding carboxylic acids is 1. The lowest BCUT2D eigenvalue weighted by Crippen LogP contribution is -2.25. The first-order valence-corrected chi connectivity index (χ1v) is 7.06. The van der Waals surface area contributed by atoms with Crippen molar-refractivity contribution in [2.75, 3.05) is 37.8 Å². The molecule has 20 heavy (non-hydrogen) atoms. The molecule has 0 aliphatic rings. The molecular formula is C15H25N3O2. The Kier molecular flexibility index (Phi) is 7.69. The normalized spacial score (nSPS) is 10.8. The molecule has 1 aromatic carbocycles. The molecule has 0 saturated heterocycles. The minimum atomic E-state index is 0.0111. The zero-order valence-electron chi connectivity index (χ0n) is 12.1. The zero-order valence-corrected chi connectivity index (χ0v) is 12.1. The van der Waals surface area contributed by atoms with Gasteiger partial charge in [-0.15, -0.1) is 0 Å². The first-order chi connectivity index (χ1) is 9.61. The van der Waals surface area contributed by atoms with Crippen molar-refractivity contribution in [3.63, 3.8) is 0 Å². The van der Waals surface area contributed by atoms with Crippen LogP contribution in [0.1, 0.15) is 25.7 Å². The number of benzene rings is 1. The molecule has 0 bridgehead atoms. The summed E-state index contributed by atoms with van der Waals surface area (Å²) in [5, 5.41) is 11.5. The number of carbonyl (C=O) groups is 1. The van der Waals surface area contributed by atoms with E-state index in [1.54, 1.807) is 24.3 Å². The second kappa shape index (κ2) is 9.34. The lowest BCUT2D eigenvalue weighted by Gasteiger charge is -2.16. The van der Waals surface area contributed by atoms with Crippen LogP contribution in [0.5, 0.6) is 0 Å². The summed E-state index contributed by atoms with van der Waals surface area (Å²) in [5.74, 6) is 0.0111. The molecule has 0 heterocycles. The van der Waals surface area contributed by atoms with Gasteiger partial charge in [-0.05, 0) is 57.1 Å². The number of aliphatic hydroxyl groups excluding tert-OH is 1. The number of aliphatic hydroxyl groups is 1. The second-order valence-corrected chi connectivity index (χ2v) is 5.01. The van der Waals surface area contributed by atoms with Gasteiger partial charge in [0.25, 0.3) is 0 Å². The van der Waals surface area contributed by atoms with Crippen molar-refractivity contribution >= 4 is 17.3 Å². The number of hydrogen-bond donors (Lipinski definition) is 3. The van der Waals surface area contributed by atoms with Gasteiger partial charge in [-0.1, -0.05) is 0 Å². The Morgan fingerprint density at radius 1 is 1.20 bits per heavy atom. The molecule has 0 fully saturated rings. The minimum Gasteiger partial charge on any atom is -0.399 e. The van der Waals surface area contributed by atoms with E-state index in [2.05, 4.69) is 10.2 Å². The van der Waals surface area contributed by atoms with Gasteiger partial charge in [0.15, 0.2) is 0 Å². The lowest BCUT2D eigenvalue weighted by molar-refractivity contribution is -0.116. The molecule has 112 valence electrons. The summed E-state index contributed by atoms with van der Waals surface area (Å²) >= 11 is 0. The summed E-state index contributed by atoms with van der Waals surface area (Å²) in [6.07, 6.45) is 3.40. The van der Waals surface area contributed by atoms with Gasteiger partial charge in [0.1, 0.15) is 0 Å². The van der Waals surface area contributed by atoms with Gasteiger partial charge in [-0.3, -0.25) is 4.79 Å². The smallest absolute Gasteiger partial charge is 0.225 e. The number of nitrogen functional groups attached to an aromatic ring is 1. The molecule has 1 rings (SSSR count). The molecule has 4 N–H and O–H groups in total. The molecule has 0 atom stereocenters. The Hall–Kier alpha value is -1.59. The van der Waals surface area contributed by atoms with Crippen molar-refractivity contribution in [1.29, 1.82) is 0 Å². The van der Waals surface area contributed by atoms with Gasteiger partial charge in [-0.25, -0.2) is 0 Å². The first-order valence-electron chi connectivity index (χ1n) is 7.06. The van der Waals surface area contributed by atoms with Crippen LogP contribution >= 0.6 is 0 Å². The van der Waals surface area contributed by atoms with Crippen molar-refractivity contribution in [2.24, 2.45) is 0 Å². The number of nitrogens with zero attached hydrogens (tertiary/aromatic N) is 1. The molecule has 0 aromatic heterocycles. The van der Waals surface area contributed by atoms with Gasteiger partial charge in [-0.2, -0.15) is 0 Å². The van der Waals surface area contributed by atoms with Crippen LogP contribution in [0.4, 0.5) is 11.4 Å². The van der Waals surface area contributed by atoms with Crippen LogP contribution in [0.15, 0.2) is 24.3 Å². The summed E-state index contributed by atoms with van der Waals surface area (Å²) in [7, 11) is 2.01. The number of amides is 1. The second-order valence-electron chi connectivity index (χ2n) is 5.01. The van der Waals surface area contributed by atoms with E-state index < -0.39 is 0 Å². The van der Waals surface area contributed by atoms with Gasteiger partial charge >= 0.3 is 0 Å². The van der Waals surface area contributed by atoms with Gasteiger partial charge < -0.3 is 21.1 Å². The van der Waals surface area contributed by atoms with Gasteiger partial charge in [0, 0.05) is 30.9 Å². The Balaban J connectivity index is 2.17. The molecule has 0 saturated carbocycles. The van der Waals surface area contributed by atoms with E-state index in [9.17, 15) is 4.79 Å². The molecule has 1 amide bonds. The van der Waals surface area contributed by atoms with Crippen LogP contribution in [-0.2, 0) is 4.79 Å². The zero-order chi connectivity index (χ0) is 14.8. The molecule has 0 unspecified atom stereocenters. The fourth-order valence-corrected chi connectivity index (χ4v) is 1.86. The number of anilines is 2. The van der Waals surface area contributed by atoms with Crippen molar-refractivity contribution < 1.29 is 9.90 Å². The van der Waals surface area contributed by atoms with E-state index in [0.29, 0.717) is 12.1 Å². The fraction of sp³-hybridized carbons (Fsp3) is 0.533. The number of unbranched alkanes of at least 4 members (excludes halogenated alkanes) is 2. The molecule has 5 heteroatoms. The third-order valence-corrected chi connectivity index (χ3v) is 3.11. The third kappa shape index (κ3) is 7.11. The molecule has 1 aromatic rings. The average Bonchev–Trinajstić information content (AvgIpc) is 2.44. The highest BCUT2D eigenvalue weighted by atomic mass is 16.2. The highest BCUT2D eigenvalue weighted by Gasteiger charge is 2.05. The molecule has 5 nitrogen and oxygen atoms in total. The number of nitrogens with one attached hydrogen (secondary N) is 1. The van der Waals surface area contributed by atoms with E-state index in [-0.39, 0.29) is 12.5 Å². The topological polar surface area (TPSA) is 78.6 Å². The highest BCUT2D eigenvalue weighted by molar-refractivity contribution is 5.90. The number of rotatable bonds is 9. The van der Waals surface area contributed by atoms with E-state index in [0.717, 1.165) is 38.0 Å². The quantitative estimate of drug-likeness (QED) is 0.475. The first kappa shape index (κ1) is 16.5. The van der Waals surface area contributed by atoms with Crippen molar-refractivity contribution in [2.45, 2.75) is 25.7 Å². The SMILES string of the molecule is CN(CCCCCO)CCC(=O)Nc1ccc(N)cc1. The monoisotopic (exact) mass is 279 g/mol. The summed E-state index contributed by atoms with van der Waals surface area (Å²) < 4.78 is 0. The minimum absolute atomic E-state index is 0.0111. The summed E-state index contributed by atoms with van der Waals surface area (Å²) in [5.41, 5.74) is 7.05. The van der Waals surface area contributed by atoms with E-state index in [1.807, 2.05) is 7.05 Å². The highest BCUT2D eigenvalue weighted by Crippen LogP contribution is 2.10. The average molecular weight is 279 g/mol. The maximum atomic E-state index is 11.8. The summed E-state index contributed by atoms with van der Waals surface area (Å²) in [6.45, 7) is 1.95. The summed E-state index contributed by atoms with van der Waals surface area (Å²) in [6, 6.07) is 7.13. The standard InChI is InChI=1S/C15H25N3O2/c1-18(10-3-2-4-12-19)11-9-15(20)17-14-7-5-13(16)6-8-14/h5-8,19H,2-4,9-12,16H2,1H3,(H,17,20). The maximum Gasteiger partial charge on any atom is 0.225 e. The van der Waals surface area contributed by atoms with Crippen LogP contribution < -0.4 is 11.1 Å². The molecular weight excluding hydrogens is 254 g/mol. The van der Waals surface area contributed by atoms with Crippen molar-refractivity contribution in [3.05, 3.63) is 24.3 Å². The van der Waals surface area contributed by atoms with Crippen molar-refractivity contribution in [3.8, 4) is 0 Å². The van der Waals surface area contributed by atoms with Crippen molar-refractivity contribution in [1.82, 2.24) is 4.90 Å². The van der Waals surface area contributed by atoms with Gasteiger partial charge in [0.05, 0.1) is 0 Å². The Bertz CT molecular complexity index is 393. The van der Waals surface area contributed by atoms with E-state index in [1.165, 1.54) is 0 Å². The fourth-order valence-electron chi connectivity index (χ4n) is 1.86. The Labute approximate surface area is 120 Å². The maximum absolute atomic E-state index is 11.8. The predicted molar refractivity (Wildman–Crippen MR) is 82.5 cm³/mol. The Morgan fingerprint density at radius 2 is 1.90 bits per heavy atom. The van der Waals surface area contributed by atoms with Crippen LogP contribution in [0.2, 0.25) is 0 Å². The third-order valence-electron chi connectivity index (χ3n) is 3.11. The molecule has 0 spiro atoms. The number of hydrogen-bond acceptors (Lipinski definition) is 4. The van der Waals surface area contributed by atoms with Crippen LogP contribution in [0.3, 0.4) is 0 Å². The Morgan fingerprint density at radius 3 is 2.55 bits per heavy atom. The molecule has 0 radical (unpaired) electrons. The largest absolute Gasteiger partial charge is 0.399 e. The van der Waals surface area contributed by atoms with Gasteiger partial charge in [0.2, 0.25) is 5.91 Å². The number of nitrogens with two attached hydrogens (primary N) is 1. The van der Waals surface area contributed by atoms with E-state index in [4.69, 9.17) is 10.8 Å². The molecule has 0 aliphatic heterocycles. The summed E-state index contributed by atoms with van der Waals surface area (Å²) in [4.78, 5) is 13.9. The predicted octanol–water partition coefficient (Wildman–Crippen LogP) is 1.69. The van der Waals surface area contributed by atoms with E-state index >= 15 is 0 Å². The lowest BCUT2D eigenvalue weighted by atomic mass is 10.2.